The summed E-state index contributed by atoms with van der Waals surface area (Å²) in [4.78, 5) is 8.60. The first-order valence-corrected chi connectivity index (χ1v) is 8.44. The third-order valence-electron chi connectivity index (χ3n) is 4.11. The van der Waals surface area contributed by atoms with Crippen molar-refractivity contribution in [1.29, 1.82) is 0 Å². The van der Waals surface area contributed by atoms with Gasteiger partial charge in [-0.25, -0.2) is 9.97 Å². The van der Waals surface area contributed by atoms with Crippen LogP contribution in [0.5, 0.6) is 0 Å². The van der Waals surface area contributed by atoms with E-state index in [0.29, 0.717) is 0 Å². The topological polar surface area (TPSA) is 49.8 Å². The minimum absolute atomic E-state index is 0.0445. The number of benzene rings is 2. The Kier molecular flexibility index (Phi) is 4.70. The summed E-state index contributed by atoms with van der Waals surface area (Å²) < 4.78 is 0. The maximum Gasteiger partial charge on any atom is 0.157 e. The van der Waals surface area contributed by atoms with Crippen molar-refractivity contribution in [1.82, 2.24) is 9.97 Å². The standard InChI is InChI=1S/C21H24N4/c1-15-9-5-7-11-17(15)25-20-19(13-22-14-23-20)24-18-12-8-6-10-16(18)21(2,3)4/h5-14,24H,1-4H3,(H,22,23,25). The lowest BCUT2D eigenvalue weighted by Crippen LogP contribution is -2.14. The zero-order chi connectivity index (χ0) is 17.9. The fraction of sp³-hybridized carbons (Fsp3) is 0.238. The quantitative estimate of drug-likeness (QED) is 0.656. The number of rotatable bonds is 4. The van der Waals surface area contributed by atoms with Gasteiger partial charge in [0.25, 0.3) is 0 Å². The fourth-order valence-corrected chi connectivity index (χ4v) is 2.75. The van der Waals surface area contributed by atoms with Gasteiger partial charge >= 0.3 is 0 Å². The van der Waals surface area contributed by atoms with Gasteiger partial charge in [-0.3, -0.25) is 0 Å². The Morgan fingerprint density at radius 1 is 0.800 bits per heavy atom. The molecule has 0 fully saturated rings. The SMILES string of the molecule is Cc1ccccc1Nc1ncncc1Nc1ccccc1C(C)(C)C. The fourth-order valence-electron chi connectivity index (χ4n) is 2.75. The van der Waals surface area contributed by atoms with Gasteiger partial charge in [0, 0.05) is 11.4 Å². The molecule has 0 aliphatic carbocycles. The van der Waals surface area contributed by atoms with Crippen molar-refractivity contribution >= 4 is 22.9 Å². The van der Waals surface area contributed by atoms with Crippen molar-refractivity contribution in [2.45, 2.75) is 33.1 Å². The molecule has 0 saturated heterocycles. The van der Waals surface area contributed by atoms with Gasteiger partial charge in [-0.05, 0) is 35.6 Å². The molecular weight excluding hydrogens is 308 g/mol. The second kappa shape index (κ2) is 6.93. The summed E-state index contributed by atoms with van der Waals surface area (Å²) >= 11 is 0. The number of aromatic nitrogens is 2. The van der Waals surface area contributed by atoms with Gasteiger partial charge in [0.2, 0.25) is 0 Å². The van der Waals surface area contributed by atoms with Crippen LogP contribution in [0.4, 0.5) is 22.9 Å². The van der Waals surface area contributed by atoms with E-state index in [1.165, 1.54) is 11.1 Å². The van der Waals surface area contributed by atoms with Crippen LogP contribution in [0.25, 0.3) is 0 Å². The zero-order valence-electron chi connectivity index (χ0n) is 15.2. The highest BCUT2D eigenvalue weighted by Gasteiger charge is 2.18. The van der Waals surface area contributed by atoms with Crippen LogP contribution in [0.3, 0.4) is 0 Å². The van der Waals surface area contributed by atoms with Crippen molar-refractivity contribution in [3.8, 4) is 0 Å². The van der Waals surface area contributed by atoms with Crippen molar-refractivity contribution in [2.75, 3.05) is 10.6 Å². The minimum atomic E-state index is 0.0445. The number of nitrogens with zero attached hydrogens (tertiary/aromatic N) is 2. The monoisotopic (exact) mass is 332 g/mol. The highest BCUT2D eigenvalue weighted by molar-refractivity contribution is 5.76. The van der Waals surface area contributed by atoms with Gasteiger partial charge in [0.1, 0.15) is 12.0 Å². The number of hydrogen-bond donors (Lipinski definition) is 2. The molecule has 0 aliphatic heterocycles. The van der Waals surface area contributed by atoms with Crippen LogP contribution in [0, 0.1) is 6.92 Å². The normalized spacial score (nSPS) is 11.2. The molecule has 0 spiro atoms. The summed E-state index contributed by atoms with van der Waals surface area (Å²) in [6.07, 6.45) is 3.36. The van der Waals surface area contributed by atoms with E-state index in [0.717, 1.165) is 22.9 Å². The van der Waals surface area contributed by atoms with Gasteiger partial charge in [0.15, 0.2) is 5.82 Å². The molecule has 0 aliphatic rings. The van der Waals surface area contributed by atoms with Crippen molar-refractivity contribution in [3.05, 3.63) is 72.2 Å². The number of anilines is 4. The van der Waals surface area contributed by atoms with E-state index in [9.17, 15) is 0 Å². The van der Waals surface area contributed by atoms with E-state index < -0.39 is 0 Å². The Morgan fingerprint density at radius 3 is 2.20 bits per heavy atom. The van der Waals surface area contributed by atoms with E-state index in [1.807, 2.05) is 24.3 Å². The highest BCUT2D eigenvalue weighted by atomic mass is 15.1. The molecule has 2 N–H and O–H groups in total. The van der Waals surface area contributed by atoms with Crippen LogP contribution in [0.15, 0.2) is 61.1 Å². The summed E-state index contributed by atoms with van der Waals surface area (Å²) in [5, 5.41) is 6.91. The number of para-hydroxylation sites is 2. The molecule has 4 nitrogen and oxygen atoms in total. The third-order valence-corrected chi connectivity index (χ3v) is 4.11. The lowest BCUT2D eigenvalue weighted by Gasteiger charge is -2.24. The molecule has 0 amide bonds. The van der Waals surface area contributed by atoms with Gasteiger partial charge in [0.05, 0.1) is 6.20 Å². The first-order chi connectivity index (χ1) is 11.9. The van der Waals surface area contributed by atoms with Crippen LogP contribution in [0.1, 0.15) is 31.9 Å². The first-order valence-electron chi connectivity index (χ1n) is 8.44. The summed E-state index contributed by atoms with van der Waals surface area (Å²) in [7, 11) is 0. The van der Waals surface area contributed by atoms with Crippen LogP contribution in [0.2, 0.25) is 0 Å². The molecule has 1 aromatic heterocycles. The van der Waals surface area contributed by atoms with Gasteiger partial charge in [-0.2, -0.15) is 0 Å². The number of hydrogen-bond acceptors (Lipinski definition) is 4. The summed E-state index contributed by atoms with van der Waals surface area (Å²) in [6, 6.07) is 16.5. The predicted molar refractivity (Wildman–Crippen MR) is 105 cm³/mol. The molecule has 4 heteroatoms. The Bertz CT molecular complexity index is 866. The molecular formula is C21H24N4. The summed E-state index contributed by atoms with van der Waals surface area (Å²) in [5.74, 6) is 0.757. The van der Waals surface area contributed by atoms with E-state index in [-0.39, 0.29) is 5.41 Å². The van der Waals surface area contributed by atoms with E-state index in [4.69, 9.17) is 0 Å². The van der Waals surface area contributed by atoms with E-state index in [2.05, 4.69) is 72.6 Å². The Hall–Kier alpha value is -2.88. The van der Waals surface area contributed by atoms with Crippen LogP contribution in [-0.4, -0.2) is 9.97 Å². The predicted octanol–water partition coefficient (Wildman–Crippen LogP) is 5.57. The highest BCUT2D eigenvalue weighted by Crippen LogP contribution is 2.33. The lowest BCUT2D eigenvalue weighted by atomic mass is 9.86. The Morgan fingerprint density at radius 2 is 1.48 bits per heavy atom. The summed E-state index contributed by atoms with van der Waals surface area (Å²) in [6.45, 7) is 8.70. The molecule has 128 valence electrons. The first kappa shape index (κ1) is 17.0. The van der Waals surface area contributed by atoms with Crippen molar-refractivity contribution in [2.24, 2.45) is 0 Å². The Labute approximate surface area is 149 Å². The van der Waals surface area contributed by atoms with E-state index in [1.54, 1.807) is 12.5 Å². The molecule has 0 radical (unpaired) electrons. The molecule has 25 heavy (non-hydrogen) atoms. The van der Waals surface area contributed by atoms with Crippen LogP contribution < -0.4 is 10.6 Å². The molecule has 0 saturated carbocycles. The van der Waals surface area contributed by atoms with Crippen LogP contribution >= 0.6 is 0 Å². The molecule has 3 aromatic rings. The lowest BCUT2D eigenvalue weighted by molar-refractivity contribution is 0.592. The second-order valence-electron chi connectivity index (χ2n) is 7.15. The van der Waals surface area contributed by atoms with Gasteiger partial charge in [-0.1, -0.05) is 57.2 Å². The molecule has 1 heterocycles. The van der Waals surface area contributed by atoms with Crippen LogP contribution in [-0.2, 0) is 5.41 Å². The molecule has 0 atom stereocenters. The second-order valence-corrected chi connectivity index (χ2v) is 7.15. The molecule has 2 aromatic carbocycles. The maximum atomic E-state index is 4.42. The van der Waals surface area contributed by atoms with Crippen molar-refractivity contribution in [3.63, 3.8) is 0 Å². The average molecular weight is 332 g/mol. The molecule has 0 unspecified atom stereocenters. The smallest absolute Gasteiger partial charge is 0.157 e. The molecule has 3 rings (SSSR count). The largest absolute Gasteiger partial charge is 0.351 e. The Balaban J connectivity index is 1.94. The minimum Gasteiger partial charge on any atom is -0.351 e. The van der Waals surface area contributed by atoms with E-state index >= 15 is 0 Å². The van der Waals surface area contributed by atoms with Gasteiger partial charge in [-0.15, -0.1) is 0 Å². The zero-order valence-corrected chi connectivity index (χ0v) is 15.2. The van der Waals surface area contributed by atoms with Crippen molar-refractivity contribution < 1.29 is 0 Å². The number of aryl methyl sites for hydroxylation is 1. The third kappa shape index (κ3) is 3.97. The van der Waals surface area contributed by atoms with Gasteiger partial charge < -0.3 is 10.6 Å². The summed E-state index contributed by atoms with van der Waals surface area (Å²) in [5.41, 5.74) is 5.42. The average Bonchev–Trinajstić information content (AvgIpc) is 2.58. The molecule has 0 bridgehead atoms. The number of nitrogens with one attached hydrogen (secondary N) is 2. The maximum absolute atomic E-state index is 4.42.